The van der Waals surface area contributed by atoms with E-state index in [0.717, 1.165) is 29.5 Å². The largest absolute Gasteiger partial charge is 0.341 e. The molecule has 0 bridgehead atoms. The maximum absolute atomic E-state index is 13.8. The van der Waals surface area contributed by atoms with Crippen LogP contribution in [0.1, 0.15) is 28.8 Å². The summed E-state index contributed by atoms with van der Waals surface area (Å²) in [6.07, 6.45) is 1.80. The lowest BCUT2D eigenvalue weighted by molar-refractivity contribution is 0.0969. The average Bonchev–Trinajstić information content (AvgIpc) is 3.26. The highest BCUT2D eigenvalue weighted by atomic mass is 35.5. The minimum absolute atomic E-state index is 0.0173. The Kier molecular flexibility index (Phi) is 6.51. The molecule has 0 spiro atoms. The smallest absolute Gasteiger partial charge is 0.332 e. The van der Waals surface area contributed by atoms with Crippen LogP contribution in [-0.4, -0.2) is 43.6 Å². The Morgan fingerprint density at radius 3 is 2.53 bits per heavy atom. The number of benzene rings is 2. The summed E-state index contributed by atoms with van der Waals surface area (Å²) in [6, 6.07) is 16.0. The van der Waals surface area contributed by atoms with E-state index in [9.17, 15) is 14.4 Å². The van der Waals surface area contributed by atoms with Gasteiger partial charge in [-0.25, -0.2) is 4.79 Å². The molecular formula is C26H27ClN6O3. The van der Waals surface area contributed by atoms with E-state index in [1.165, 1.54) is 4.57 Å². The Bertz CT molecular complexity index is 1560. The molecule has 36 heavy (non-hydrogen) atoms. The molecule has 5 rings (SSSR count). The predicted molar refractivity (Wildman–Crippen MR) is 140 cm³/mol. The first kappa shape index (κ1) is 24.0. The molecule has 0 radical (unpaired) electrons. The second-order valence-electron chi connectivity index (χ2n) is 9.13. The number of fused-ring (bicyclic) bond motifs is 1. The van der Waals surface area contributed by atoms with E-state index in [0.29, 0.717) is 23.1 Å². The first-order valence-electron chi connectivity index (χ1n) is 11.9. The van der Waals surface area contributed by atoms with Crippen molar-refractivity contribution in [1.82, 2.24) is 18.7 Å². The number of Topliss-reactive ketones (excluding diaryl/α,β-unsaturated/α-hetero) is 1. The first-order valence-corrected chi connectivity index (χ1v) is 12.2. The average molecular weight is 507 g/mol. The molecule has 1 aliphatic rings. The molecule has 1 fully saturated rings. The zero-order valence-corrected chi connectivity index (χ0v) is 20.7. The van der Waals surface area contributed by atoms with E-state index in [1.807, 2.05) is 23.1 Å². The molecule has 0 amide bonds. The number of carbonyl (C=O) groups is 1. The molecule has 1 unspecified atom stereocenters. The second-order valence-corrected chi connectivity index (χ2v) is 9.54. The lowest BCUT2D eigenvalue weighted by Crippen LogP contribution is -2.44. The zero-order valence-electron chi connectivity index (χ0n) is 19.9. The highest BCUT2D eigenvalue weighted by molar-refractivity contribution is 6.31. The van der Waals surface area contributed by atoms with Gasteiger partial charge < -0.3 is 10.6 Å². The van der Waals surface area contributed by atoms with Gasteiger partial charge in [-0.2, -0.15) is 4.98 Å². The number of halogens is 1. The van der Waals surface area contributed by atoms with E-state index in [4.69, 9.17) is 22.3 Å². The van der Waals surface area contributed by atoms with Gasteiger partial charge in [0, 0.05) is 36.8 Å². The molecule has 9 nitrogen and oxygen atoms in total. The highest BCUT2D eigenvalue weighted by Gasteiger charge is 2.27. The molecule has 186 valence electrons. The minimum atomic E-state index is -0.596. The molecule has 2 aromatic carbocycles. The molecule has 10 heteroatoms. The van der Waals surface area contributed by atoms with Crippen LogP contribution in [0.5, 0.6) is 0 Å². The van der Waals surface area contributed by atoms with Gasteiger partial charge in [-0.05, 0) is 24.5 Å². The number of hydrogen-bond donors (Lipinski definition) is 1. The molecule has 2 N–H and O–H groups in total. The standard InChI is InChI=1S/C26H27ClN6O3/c1-30-23-22(24(35)33(26(30)36)16-21(34)17-8-3-2-4-9-17)32(14-18-10-5-6-12-20(18)27)25(29-23)31-13-7-11-19(28)15-31/h2-6,8-10,12,19H,7,11,13-16,28H2,1H3. The lowest BCUT2D eigenvalue weighted by Gasteiger charge is -2.32. The third-order valence-electron chi connectivity index (χ3n) is 6.64. The van der Waals surface area contributed by atoms with Crippen molar-refractivity contribution in [3.05, 3.63) is 91.6 Å². The summed E-state index contributed by atoms with van der Waals surface area (Å²) in [7, 11) is 1.56. The summed E-state index contributed by atoms with van der Waals surface area (Å²) < 4.78 is 4.10. The zero-order chi connectivity index (χ0) is 25.4. The van der Waals surface area contributed by atoms with Gasteiger partial charge in [0.2, 0.25) is 5.95 Å². The first-order chi connectivity index (χ1) is 17.3. The summed E-state index contributed by atoms with van der Waals surface area (Å²) >= 11 is 6.47. The van der Waals surface area contributed by atoms with E-state index >= 15 is 0 Å². The highest BCUT2D eigenvalue weighted by Crippen LogP contribution is 2.26. The number of nitrogens with two attached hydrogens (primary N) is 1. The molecule has 1 atom stereocenters. The van der Waals surface area contributed by atoms with E-state index in [2.05, 4.69) is 0 Å². The quantitative estimate of drug-likeness (QED) is 0.402. The number of ketones is 1. The molecule has 4 aromatic rings. The topological polar surface area (TPSA) is 108 Å². The van der Waals surface area contributed by atoms with Crippen LogP contribution in [-0.2, 0) is 20.1 Å². The van der Waals surface area contributed by atoms with Gasteiger partial charge in [0.15, 0.2) is 16.9 Å². The van der Waals surface area contributed by atoms with Crippen LogP contribution >= 0.6 is 11.6 Å². The monoisotopic (exact) mass is 506 g/mol. The van der Waals surface area contributed by atoms with Crippen molar-refractivity contribution < 1.29 is 4.79 Å². The fourth-order valence-corrected chi connectivity index (χ4v) is 4.93. The van der Waals surface area contributed by atoms with Gasteiger partial charge in [-0.3, -0.25) is 23.3 Å². The van der Waals surface area contributed by atoms with Gasteiger partial charge in [-0.1, -0.05) is 60.1 Å². The fourth-order valence-electron chi connectivity index (χ4n) is 4.74. The van der Waals surface area contributed by atoms with Crippen molar-refractivity contribution in [2.24, 2.45) is 12.8 Å². The van der Waals surface area contributed by atoms with Crippen LogP contribution in [0.4, 0.5) is 5.95 Å². The SMILES string of the molecule is Cn1c(=O)n(CC(=O)c2ccccc2)c(=O)c2c1nc(N1CCCC(N)C1)n2Cc1ccccc1Cl. The lowest BCUT2D eigenvalue weighted by atomic mass is 10.1. The van der Waals surface area contributed by atoms with Gasteiger partial charge >= 0.3 is 5.69 Å². The normalized spacial score (nSPS) is 16.0. The van der Waals surface area contributed by atoms with Crippen molar-refractivity contribution in [1.29, 1.82) is 0 Å². The summed E-state index contributed by atoms with van der Waals surface area (Å²) in [5.41, 5.74) is 6.82. The third kappa shape index (κ3) is 4.36. The third-order valence-corrected chi connectivity index (χ3v) is 7.01. The van der Waals surface area contributed by atoms with Crippen molar-refractivity contribution in [3.8, 4) is 0 Å². The molecule has 1 saturated heterocycles. The van der Waals surface area contributed by atoms with Crippen LogP contribution in [0.25, 0.3) is 11.2 Å². The Hall–Kier alpha value is -3.69. The number of piperidine rings is 1. The van der Waals surface area contributed by atoms with Crippen LogP contribution in [0.15, 0.2) is 64.2 Å². The predicted octanol–water partition coefficient (Wildman–Crippen LogP) is 2.41. The van der Waals surface area contributed by atoms with Crippen LogP contribution < -0.4 is 21.9 Å². The van der Waals surface area contributed by atoms with Crippen molar-refractivity contribution in [2.75, 3.05) is 18.0 Å². The van der Waals surface area contributed by atoms with E-state index in [1.54, 1.807) is 48.0 Å². The van der Waals surface area contributed by atoms with E-state index < -0.39 is 11.2 Å². The maximum Gasteiger partial charge on any atom is 0.332 e. The van der Waals surface area contributed by atoms with Crippen LogP contribution in [0.2, 0.25) is 5.02 Å². The molecule has 1 aliphatic heterocycles. The van der Waals surface area contributed by atoms with Crippen molar-refractivity contribution >= 4 is 34.5 Å². The van der Waals surface area contributed by atoms with Crippen LogP contribution in [0.3, 0.4) is 0 Å². The Labute approximate surface area is 212 Å². The molecule has 2 aromatic heterocycles. The van der Waals surface area contributed by atoms with Gasteiger partial charge in [-0.15, -0.1) is 0 Å². The number of aromatic nitrogens is 4. The van der Waals surface area contributed by atoms with Gasteiger partial charge in [0.1, 0.15) is 0 Å². The van der Waals surface area contributed by atoms with Crippen LogP contribution in [0, 0.1) is 0 Å². The summed E-state index contributed by atoms with van der Waals surface area (Å²) in [6.45, 7) is 1.22. The fraction of sp³-hybridized carbons (Fsp3) is 0.308. The number of aryl methyl sites for hydroxylation is 1. The molecule has 0 aliphatic carbocycles. The summed E-state index contributed by atoms with van der Waals surface area (Å²) in [4.78, 5) is 46.7. The maximum atomic E-state index is 13.8. The minimum Gasteiger partial charge on any atom is -0.341 e. The van der Waals surface area contributed by atoms with Crippen molar-refractivity contribution in [3.63, 3.8) is 0 Å². The van der Waals surface area contributed by atoms with Crippen molar-refractivity contribution in [2.45, 2.75) is 32.0 Å². The number of nitrogens with zero attached hydrogens (tertiary/aromatic N) is 5. The van der Waals surface area contributed by atoms with Gasteiger partial charge in [0.05, 0.1) is 13.1 Å². The second kappa shape index (κ2) is 9.75. The number of rotatable bonds is 6. The summed E-state index contributed by atoms with van der Waals surface area (Å²) in [5, 5.41) is 0.560. The Morgan fingerprint density at radius 2 is 1.81 bits per heavy atom. The molecule has 3 heterocycles. The Balaban J connectivity index is 1.70. The van der Waals surface area contributed by atoms with Gasteiger partial charge in [0.25, 0.3) is 5.56 Å². The number of anilines is 1. The summed E-state index contributed by atoms with van der Waals surface area (Å²) in [5.74, 6) is 0.229. The number of carbonyl (C=O) groups excluding carboxylic acids is 1. The number of imidazole rings is 1. The van der Waals surface area contributed by atoms with E-state index in [-0.39, 0.29) is 36.1 Å². The molecule has 0 saturated carbocycles. The number of hydrogen-bond acceptors (Lipinski definition) is 6. The Morgan fingerprint density at radius 1 is 1.08 bits per heavy atom. The molecular weight excluding hydrogens is 480 g/mol.